The topological polar surface area (TPSA) is 91.4 Å². The molecule has 0 bridgehead atoms. The van der Waals surface area contributed by atoms with Crippen molar-refractivity contribution in [2.45, 2.75) is 42.9 Å². The van der Waals surface area contributed by atoms with Crippen LogP contribution in [0.3, 0.4) is 0 Å². The largest absolute Gasteiger partial charge is 0.486 e. The third kappa shape index (κ3) is 4.37. The van der Waals surface area contributed by atoms with Crippen LogP contribution in [0.5, 0.6) is 11.5 Å². The molecule has 1 saturated carbocycles. The number of thioether (sulfide) groups is 1. The molecule has 172 valence electrons. The van der Waals surface area contributed by atoms with Crippen LogP contribution >= 0.6 is 11.8 Å². The number of nitrogens with zero attached hydrogens (tertiary/aromatic N) is 3. The lowest BCUT2D eigenvalue weighted by molar-refractivity contribution is -0.120. The highest BCUT2D eigenvalue weighted by molar-refractivity contribution is 7.99. The number of hydrogen-bond acceptors (Lipinski definition) is 7. The smallest absolute Gasteiger partial charge is 0.231 e. The van der Waals surface area contributed by atoms with E-state index in [9.17, 15) is 4.79 Å². The van der Waals surface area contributed by atoms with Crippen LogP contribution in [-0.2, 0) is 16.9 Å². The summed E-state index contributed by atoms with van der Waals surface area (Å²) in [5.74, 6) is 2.95. The van der Waals surface area contributed by atoms with E-state index in [4.69, 9.17) is 13.9 Å². The summed E-state index contributed by atoms with van der Waals surface area (Å²) < 4.78 is 18.8. The maximum absolute atomic E-state index is 13.1. The second-order valence-electron chi connectivity index (χ2n) is 8.17. The number of benzene rings is 1. The van der Waals surface area contributed by atoms with Crippen LogP contribution in [0.25, 0.3) is 11.6 Å². The second kappa shape index (κ2) is 9.35. The van der Waals surface area contributed by atoms with Gasteiger partial charge in [0.1, 0.15) is 13.2 Å². The molecule has 2 aliphatic rings. The third-order valence-corrected chi connectivity index (χ3v) is 7.00. The number of hydrogen-bond donors (Lipinski definition) is 1. The van der Waals surface area contributed by atoms with E-state index in [0.717, 1.165) is 42.7 Å². The average Bonchev–Trinajstić information content (AvgIpc) is 3.60. The lowest BCUT2D eigenvalue weighted by atomic mass is 9.87. The van der Waals surface area contributed by atoms with E-state index >= 15 is 0 Å². The first kappa shape index (κ1) is 21.6. The van der Waals surface area contributed by atoms with Crippen LogP contribution in [0.4, 0.5) is 0 Å². The van der Waals surface area contributed by atoms with Crippen LogP contribution in [0.15, 0.2) is 58.8 Å². The van der Waals surface area contributed by atoms with E-state index < -0.39 is 0 Å². The van der Waals surface area contributed by atoms with E-state index in [-0.39, 0.29) is 17.2 Å². The maximum atomic E-state index is 13.1. The summed E-state index contributed by atoms with van der Waals surface area (Å²) >= 11 is 1.36. The number of rotatable bonds is 8. The van der Waals surface area contributed by atoms with Crippen molar-refractivity contribution in [3.63, 3.8) is 0 Å². The Bertz CT molecular complexity index is 1140. The summed E-state index contributed by atoms with van der Waals surface area (Å²) in [6, 6.07) is 9.65. The van der Waals surface area contributed by atoms with E-state index in [1.54, 1.807) is 18.4 Å². The Morgan fingerprint density at radius 1 is 1.18 bits per heavy atom. The van der Waals surface area contributed by atoms with Gasteiger partial charge < -0.3 is 19.2 Å². The number of aromatic nitrogens is 3. The highest BCUT2D eigenvalue weighted by Gasteiger charge is 2.38. The van der Waals surface area contributed by atoms with Gasteiger partial charge in [0.05, 0.1) is 17.6 Å². The van der Waals surface area contributed by atoms with Crippen molar-refractivity contribution < 1.29 is 18.7 Å². The second-order valence-corrected chi connectivity index (χ2v) is 9.11. The molecule has 0 atom stereocenters. The number of carbonyl (C=O) groups excluding carboxylic acids is 1. The molecular formula is C24H26N4O4S. The fraction of sp³-hybridized carbons (Fsp3) is 0.375. The first-order valence-electron chi connectivity index (χ1n) is 11.1. The van der Waals surface area contributed by atoms with Crippen LogP contribution in [-0.4, -0.2) is 39.6 Å². The molecule has 0 radical (unpaired) electrons. The SMILES string of the molecule is C=CCn1c(SCC(=O)NC2(c3ccc4c(c3)OCCO4)CCCC2)nnc1-c1ccco1. The highest BCUT2D eigenvalue weighted by Crippen LogP contribution is 2.42. The van der Waals surface area contributed by atoms with Crippen LogP contribution < -0.4 is 14.8 Å². The summed E-state index contributed by atoms with van der Waals surface area (Å²) in [6.45, 7) is 5.44. The Morgan fingerprint density at radius 3 is 2.76 bits per heavy atom. The van der Waals surface area contributed by atoms with Gasteiger partial charge in [-0.1, -0.05) is 36.7 Å². The summed E-state index contributed by atoms with van der Waals surface area (Å²) in [5.41, 5.74) is 0.680. The zero-order valence-corrected chi connectivity index (χ0v) is 19.1. The predicted octanol–water partition coefficient (Wildman–Crippen LogP) is 4.17. The van der Waals surface area contributed by atoms with Gasteiger partial charge in [0.15, 0.2) is 22.4 Å². The van der Waals surface area contributed by atoms with E-state index in [2.05, 4.69) is 22.1 Å². The standard InChI is InChI=1S/C24H26N4O4S/c1-2-11-28-22(19-6-5-12-30-19)26-27-23(28)33-16-21(29)25-24(9-3-4-10-24)17-7-8-18-20(15-17)32-14-13-31-18/h2,5-8,12,15H,1,3-4,9-11,13-14,16H2,(H,25,29). The molecule has 1 amide bonds. The Kier molecular flexibility index (Phi) is 6.13. The molecule has 3 aromatic rings. The van der Waals surface area contributed by atoms with Gasteiger partial charge in [0.25, 0.3) is 0 Å². The molecule has 1 N–H and O–H groups in total. The molecule has 3 heterocycles. The Labute approximate surface area is 196 Å². The van der Waals surface area contributed by atoms with Crippen molar-refractivity contribution in [2.75, 3.05) is 19.0 Å². The van der Waals surface area contributed by atoms with E-state index in [0.29, 0.717) is 36.5 Å². The predicted molar refractivity (Wildman–Crippen MR) is 124 cm³/mol. The van der Waals surface area contributed by atoms with Gasteiger partial charge >= 0.3 is 0 Å². The molecule has 1 fully saturated rings. The quantitative estimate of drug-likeness (QED) is 0.393. The molecule has 2 aromatic heterocycles. The number of nitrogens with one attached hydrogen (secondary N) is 1. The minimum atomic E-state index is -0.387. The van der Waals surface area contributed by atoms with E-state index in [1.165, 1.54) is 11.8 Å². The minimum absolute atomic E-state index is 0.0375. The summed E-state index contributed by atoms with van der Waals surface area (Å²) in [7, 11) is 0. The van der Waals surface area contributed by atoms with Gasteiger partial charge in [-0.15, -0.1) is 16.8 Å². The number of fused-ring (bicyclic) bond motifs is 1. The molecular weight excluding hydrogens is 440 g/mol. The first-order valence-corrected chi connectivity index (χ1v) is 12.1. The van der Waals surface area contributed by atoms with Crippen molar-refractivity contribution in [2.24, 2.45) is 0 Å². The lowest BCUT2D eigenvalue weighted by Gasteiger charge is -2.32. The summed E-state index contributed by atoms with van der Waals surface area (Å²) in [6.07, 6.45) is 7.32. The lowest BCUT2D eigenvalue weighted by Crippen LogP contribution is -2.44. The maximum Gasteiger partial charge on any atom is 0.231 e. The van der Waals surface area contributed by atoms with E-state index in [1.807, 2.05) is 28.8 Å². The molecule has 0 unspecified atom stereocenters. The number of carbonyl (C=O) groups is 1. The zero-order chi connectivity index (χ0) is 22.7. The number of allylic oxidation sites excluding steroid dienone is 1. The molecule has 8 nitrogen and oxygen atoms in total. The molecule has 9 heteroatoms. The Hall–Kier alpha value is -3.20. The van der Waals surface area contributed by atoms with Crippen molar-refractivity contribution in [1.29, 1.82) is 0 Å². The number of furan rings is 1. The minimum Gasteiger partial charge on any atom is -0.486 e. The van der Waals surface area contributed by atoms with Gasteiger partial charge in [0.2, 0.25) is 11.7 Å². The van der Waals surface area contributed by atoms with Crippen LogP contribution in [0, 0.1) is 0 Å². The molecule has 1 aliphatic carbocycles. The highest BCUT2D eigenvalue weighted by atomic mass is 32.2. The number of amides is 1. The zero-order valence-electron chi connectivity index (χ0n) is 18.3. The van der Waals surface area contributed by atoms with Crippen LogP contribution in [0.1, 0.15) is 31.2 Å². The van der Waals surface area contributed by atoms with Gasteiger partial charge in [-0.3, -0.25) is 9.36 Å². The van der Waals surface area contributed by atoms with Gasteiger partial charge in [-0.2, -0.15) is 0 Å². The average molecular weight is 467 g/mol. The fourth-order valence-electron chi connectivity index (χ4n) is 4.52. The first-order chi connectivity index (χ1) is 16.2. The van der Waals surface area contributed by atoms with Crippen molar-refractivity contribution >= 4 is 17.7 Å². The normalized spacial score (nSPS) is 16.5. The summed E-state index contributed by atoms with van der Waals surface area (Å²) in [5, 5.41) is 12.5. The summed E-state index contributed by atoms with van der Waals surface area (Å²) in [4.78, 5) is 13.1. The molecule has 33 heavy (non-hydrogen) atoms. The van der Waals surface area contributed by atoms with Crippen LogP contribution in [0.2, 0.25) is 0 Å². The third-order valence-electron chi connectivity index (χ3n) is 6.03. The molecule has 5 rings (SSSR count). The Morgan fingerprint density at radius 2 is 2.00 bits per heavy atom. The monoisotopic (exact) mass is 466 g/mol. The molecule has 1 aromatic carbocycles. The van der Waals surface area contributed by atoms with Crippen molar-refractivity contribution in [3.8, 4) is 23.1 Å². The number of ether oxygens (including phenoxy) is 2. The molecule has 0 saturated heterocycles. The van der Waals surface area contributed by atoms with Crippen molar-refractivity contribution in [3.05, 3.63) is 54.8 Å². The van der Waals surface area contributed by atoms with Gasteiger partial charge in [-0.05, 0) is 42.7 Å². The molecule has 0 spiro atoms. The fourth-order valence-corrected chi connectivity index (χ4v) is 5.26. The van der Waals surface area contributed by atoms with Gasteiger partial charge in [-0.25, -0.2) is 0 Å². The van der Waals surface area contributed by atoms with Crippen molar-refractivity contribution in [1.82, 2.24) is 20.1 Å². The Balaban J connectivity index is 1.31. The van der Waals surface area contributed by atoms with Gasteiger partial charge in [0, 0.05) is 6.54 Å². The molecule has 1 aliphatic heterocycles.